The van der Waals surface area contributed by atoms with Crippen molar-refractivity contribution < 1.29 is 148 Å². The molecule has 1 fully saturated rings. The largest absolute Gasteiger partial charge is 0.494 e. The number of aromatic nitrogens is 8. The molecular formula is C89H123N25O31S4. The van der Waals surface area contributed by atoms with Crippen LogP contribution in [-0.2, 0) is 109 Å². The number of aryl methyl sites for hydroxylation is 6. The number of hydrogen-bond acceptors (Lipinski definition) is 38. The van der Waals surface area contributed by atoms with E-state index in [1.165, 1.54) is 83.7 Å². The van der Waals surface area contributed by atoms with Crippen LogP contribution in [0.5, 0.6) is 11.5 Å². The van der Waals surface area contributed by atoms with Crippen LogP contribution in [0.15, 0.2) is 108 Å². The van der Waals surface area contributed by atoms with Crippen molar-refractivity contribution in [2.24, 2.45) is 0 Å². The van der Waals surface area contributed by atoms with Crippen LogP contribution < -0.4 is 77.4 Å². The van der Waals surface area contributed by atoms with Gasteiger partial charge in [-0.25, -0.2) is 37.3 Å². The van der Waals surface area contributed by atoms with Crippen molar-refractivity contribution in [2.75, 3.05) is 166 Å². The van der Waals surface area contributed by atoms with Crippen LogP contribution in [-0.4, -0.2) is 381 Å². The van der Waals surface area contributed by atoms with Gasteiger partial charge in [0.25, 0.3) is 11.8 Å². The molecular weight excluding hydrogens is 2040 g/mol. The second kappa shape index (κ2) is 60.6. The van der Waals surface area contributed by atoms with E-state index in [-0.39, 0.29) is 172 Å². The Bertz CT molecular complexity index is 6030. The predicted octanol–water partition coefficient (Wildman–Crippen LogP) is -1.27. The summed E-state index contributed by atoms with van der Waals surface area (Å²) in [5.74, 6) is -13.2. The number of ether oxygens (including phenoxy) is 2. The van der Waals surface area contributed by atoms with E-state index in [9.17, 15) is 109 Å². The van der Waals surface area contributed by atoms with Gasteiger partial charge in [0.05, 0.1) is 84.1 Å². The van der Waals surface area contributed by atoms with Gasteiger partial charge in [-0.3, -0.25) is 96.1 Å². The second-order valence-electron chi connectivity index (χ2n) is 34.1. The van der Waals surface area contributed by atoms with Crippen LogP contribution in [0.2, 0.25) is 0 Å². The van der Waals surface area contributed by atoms with Gasteiger partial charge < -0.3 is 103 Å². The van der Waals surface area contributed by atoms with Crippen molar-refractivity contribution in [3.8, 4) is 11.5 Å². The van der Waals surface area contributed by atoms with E-state index < -0.39 is 197 Å². The number of anilines is 2. The smallest absolute Gasteiger partial charge is 0.323 e. The molecule has 8 aromatic rings. The normalized spacial score (nSPS) is 14.1. The Hall–Kier alpha value is -13.9. The van der Waals surface area contributed by atoms with Crippen molar-refractivity contribution in [1.82, 2.24) is 116 Å². The molecule has 9 rings (SSSR count). The first-order chi connectivity index (χ1) is 71.2. The molecule has 9 amide bonds. The number of aliphatic carboxylic acids is 5. The number of amides is 9. The predicted molar refractivity (Wildman–Crippen MR) is 533 cm³/mol. The minimum Gasteiger partial charge on any atom is -0.494 e. The average molecular weight is 2170 g/mol. The lowest BCUT2D eigenvalue weighted by atomic mass is 10.1. The first-order valence-corrected chi connectivity index (χ1v) is 51.7. The quantitative estimate of drug-likeness (QED) is 0.00914. The Labute approximate surface area is 862 Å². The van der Waals surface area contributed by atoms with Gasteiger partial charge >= 0.3 is 29.8 Å². The molecule has 0 saturated carbocycles. The number of aromatic amines is 2. The highest BCUT2D eigenvalue weighted by molar-refractivity contribution is 7.94. The van der Waals surface area contributed by atoms with E-state index in [1.807, 2.05) is 0 Å². The van der Waals surface area contributed by atoms with E-state index in [4.69, 9.17) is 20.0 Å². The van der Waals surface area contributed by atoms with Crippen molar-refractivity contribution in [1.29, 1.82) is 0 Å². The summed E-state index contributed by atoms with van der Waals surface area (Å²) in [6.45, 7) is 3.87. The lowest BCUT2D eigenvalue weighted by Crippen LogP contribution is -2.56. The first-order valence-electron chi connectivity index (χ1n) is 46.9. The van der Waals surface area contributed by atoms with Crippen LogP contribution in [0.4, 0.5) is 11.9 Å². The summed E-state index contributed by atoms with van der Waals surface area (Å²) in [6, 6.07) is 6.73. The minimum absolute atomic E-state index is 0.0270. The van der Waals surface area contributed by atoms with Gasteiger partial charge in [0.15, 0.2) is 11.9 Å². The molecule has 60 heteroatoms. The molecule has 1 aliphatic heterocycles. The fraction of sp³-hybridized carbons (Fsp3) is 0.483. The van der Waals surface area contributed by atoms with E-state index in [2.05, 4.69) is 117 Å². The summed E-state index contributed by atoms with van der Waals surface area (Å²) in [5.41, 5.74) is 2.53. The standard InChI is InChI=1S/C89H123N25O31S4/c1-55-39-63(40-56(2)79(55)148(136,137)107-66(86(130)131)47-100-81(125)59-11-14-70-61(43-59)45-102-113(70)27-7-17-94-88-96-23-24-97-88)140-37-5-9-72(115)90-19-21-92-83(127)68(53-146-144-142-134)105-74(117)16-13-65(104-75(118)49-109-29-31-110(50-76(119)120)33-35-112(52-78(123)124)36-34-111(32-30-109)51-77(121)122)85(129)106-69(54-147-145-143-135)84(128)93-22-20-91-73(116)10-6-38-141-64-41-57(3)80(58(4)42-64)149(138,139)108-67(87(132)133)48-101-82(126)60-12-15-71-62(44-60)46-103-114(71)28-8-18-95-89-98-25-26-99-89/h11-12,14-15,23-26,39-46,65-69,107-108,134-135H,5-10,13,16-22,27-38,47-54H2,1-4H3,(H,90,115)(H,91,116)(H,92,127)(H,93,128)(H,100,125)(H,101,126)(H,104,118)(H,105,117)(H,106,129)(H,119,120)(H,121,122)(H,123,124)(H,130,131)(H,132,133)(H2,94,96,97)(H2,95,98,99)/t65-,66-,67-,68-,69-/m0/s1. The van der Waals surface area contributed by atoms with E-state index in [0.717, 1.165) is 11.0 Å². The summed E-state index contributed by atoms with van der Waals surface area (Å²) >= 11 is 0.676. The zero-order valence-electron chi connectivity index (χ0n) is 81.7. The SMILES string of the molecule is Cc1cc(OCCCC(=O)NCCNC(=O)[C@H](CSOOO)NC(=O)CC[C@H](NC(=O)CN2CCN(CC(=O)O)CCN(CC(=O)O)CCN(CC(=O)O)CC2)C(=O)N[C@@H](CSOOO)C(=O)NCCNC(=O)CCCOc2cc(C)c(S(=O)(=O)N[C@@H](CNC(=O)c3ccc4c(cnn4CCCNc4ncc[nH]4)c3)C(=O)O)c(C)c2)cc(C)c1S(=O)(=O)N[C@@H](CNC(=O)c1ccc2c(cnn2CCCNc2ncc[nH]2)c1)C(=O)O. The number of carbonyl (C=O) groups excluding carboxylic acids is 9. The number of nitrogens with zero attached hydrogens (tertiary/aromatic N) is 10. The molecule has 4 aromatic carbocycles. The van der Waals surface area contributed by atoms with Gasteiger partial charge in [-0.2, -0.15) is 19.6 Å². The highest BCUT2D eigenvalue weighted by Gasteiger charge is 2.35. The molecule has 0 spiro atoms. The maximum Gasteiger partial charge on any atom is 0.323 e. The highest BCUT2D eigenvalue weighted by atomic mass is 32.2. The third-order valence-electron chi connectivity index (χ3n) is 22.7. The molecule has 149 heavy (non-hydrogen) atoms. The average Bonchev–Trinajstić information content (AvgIpc) is 1.68. The second-order valence-corrected chi connectivity index (χ2v) is 38.8. The monoisotopic (exact) mass is 2170 g/mol. The lowest BCUT2D eigenvalue weighted by molar-refractivity contribution is -0.432. The van der Waals surface area contributed by atoms with Crippen LogP contribution in [0.25, 0.3) is 21.8 Å². The summed E-state index contributed by atoms with van der Waals surface area (Å²) in [4.78, 5) is 204. The first kappa shape index (κ1) is 119. The van der Waals surface area contributed by atoms with Gasteiger partial charge in [-0.15, -0.1) is 8.67 Å². The molecule has 0 aliphatic carbocycles. The van der Waals surface area contributed by atoms with Gasteiger partial charge in [-0.05, 0) is 143 Å². The van der Waals surface area contributed by atoms with Crippen molar-refractivity contribution in [2.45, 2.75) is 132 Å². The zero-order chi connectivity index (χ0) is 108. The lowest BCUT2D eigenvalue weighted by Gasteiger charge is -2.33. The number of fused-ring (bicyclic) bond motifs is 2. The van der Waals surface area contributed by atoms with Crippen LogP contribution in [0.3, 0.4) is 0 Å². The number of nitrogens with one attached hydrogen (secondary N) is 15. The van der Waals surface area contributed by atoms with Gasteiger partial charge in [0, 0.05) is 208 Å². The molecule has 56 nitrogen and oxygen atoms in total. The zero-order valence-corrected chi connectivity index (χ0v) is 85.0. The maximum atomic E-state index is 14.6. The highest BCUT2D eigenvalue weighted by Crippen LogP contribution is 2.29. The molecule has 22 N–H and O–H groups in total. The summed E-state index contributed by atoms with van der Waals surface area (Å²) in [6.07, 6.45) is 9.92. The third kappa shape index (κ3) is 40.3. The molecule has 814 valence electrons. The Kier molecular flexibility index (Phi) is 48.2. The fourth-order valence-corrected chi connectivity index (χ4v) is 19.9. The van der Waals surface area contributed by atoms with Crippen LogP contribution in [0, 0.1) is 27.7 Å². The topological polar surface area (TPSA) is 767 Å². The molecule has 1 saturated heterocycles. The number of carboxylic acid groups (broad SMARTS) is 5. The fourth-order valence-electron chi connectivity index (χ4n) is 15.6. The molecule has 5 heterocycles. The number of benzene rings is 4. The number of carbonyl (C=O) groups is 14. The number of sulfonamides is 2. The number of imidazole rings is 2. The van der Waals surface area contributed by atoms with Crippen LogP contribution in [0.1, 0.15) is 94.3 Å². The molecule has 0 unspecified atom stereocenters. The van der Waals surface area contributed by atoms with Crippen LogP contribution >= 0.6 is 24.1 Å². The van der Waals surface area contributed by atoms with Gasteiger partial charge in [0.2, 0.25) is 61.4 Å². The maximum absolute atomic E-state index is 14.6. The molecule has 0 bridgehead atoms. The molecule has 4 aromatic heterocycles. The van der Waals surface area contributed by atoms with Crippen molar-refractivity contribution in [3.63, 3.8) is 0 Å². The molecule has 1 aliphatic rings. The van der Waals surface area contributed by atoms with E-state index in [0.29, 0.717) is 85.8 Å². The molecule has 5 atom stereocenters. The summed E-state index contributed by atoms with van der Waals surface area (Å²) in [5, 5.41) is 114. The Morgan fingerprint density at radius 2 is 0.799 bits per heavy atom. The third-order valence-corrected chi connectivity index (χ3v) is 27.5. The number of rotatable bonds is 65. The Balaban J connectivity index is 0.752. The number of H-pyrrole nitrogens is 2. The minimum atomic E-state index is -4.56. The van der Waals surface area contributed by atoms with Gasteiger partial charge in [-0.1, -0.05) is 10.1 Å². The van der Waals surface area contributed by atoms with E-state index in [1.54, 1.807) is 70.8 Å². The summed E-state index contributed by atoms with van der Waals surface area (Å²) < 4.78 is 84.0. The van der Waals surface area contributed by atoms with Crippen molar-refractivity contribution >= 4 is 161 Å². The van der Waals surface area contributed by atoms with E-state index >= 15 is 0 Å². The number of hydrogen-bond donors (Lipinski definition) is 22. The Morgan fingerprint density at radius 3 is 1.17 bits per heavy atom. The number of carboxylic acids is 5. The summed E-state index contributed by atoms with van der Waals surface area (Å²) in [7, 11) is -9.11. The Morgan fingerprint density at radius 1 is 0.423 bits per heavy atom. The van der Waals surface area contributed by atoms with Gasteiger partial charge in [0.1, 0.15) is 41.7 Å². The van der Waals surface area contributed by atoms with Crippen molar-refractivity contribution in [3.05, 3.63) is 131 Å². The molecule has 0 radical (unpaired) electrons.